The number of nitrogens with one attached hydrogen (secondary N) is 3. The number of aromatic amines is 1. The number of nitrogens with zero attached hydrogens (tertiary/aromatic N) is 5. The summed E-state index contributed by atoms with van der Waals surface area (Å²) in [5.41, 5.74) is 3.17. The molecular formula is C24H20N8OS. The van der Waals surface area contributed by atoms with Gasteiger partial charge < -0.3 is 10.6 Å². The molecule has 4 heterocycles. The number of rotatable bonds is 7. The number of imidazole rings is 1. The molecular weight excluding hydrogens is 448 g/mol. The molecule has 0 atom stereocenters. The lowest BCUT2D eigenvalue weighted by Gasteiger charge is -2.09. The summed E-state index contributed by atoms with van der Waals surface area (Å²) in [4.78, 5) is 26.5. The molecule has 0 saturated heterocycles. The maximum Gasteiger partial charge on any atom is 0.257 e. The largest absolute Gasteiger partial charge is 0.322 e. The van der Waals surface area contributed by atoms with Crippen molar-refractivity contribution in [3.8, 4) is 0 Å². The minimum Gasteiger partial charge on any atom is -0.322 e. The van der Waals surface area contributed by atoms with Gasteiger partial charge in [0.15, 0.2) is 5.82 Å². The Labute approximate surface area is 199 Å². The van der Waals surface area contributed by atoms with Gasteiger partial charge in [-0.25, -0.2) is 9.97 Å². The van der Waals surface area contributed by atoms with Crippen LogP contribution in [0, 0.1) is 0 Å². The molecule has 4 aromatic heterocycles. The highest BCUT2D eigenvalue weighted by molar-refractivity contribution is 7.99. The third-order valence-corrected chi connectivity index (χ3v) is 6.41. The number of pyridine rings is 1. The van der Waals surface area contributed by atoms with E-state index in [0.717, 1.165) is 27.1 Å². The van der Waals surface area contributed by atoms with Gasteiger partial charge >= 0.3 is 0 Å². The quantitative estimate of drug-likeness (QED) is 0.292. The van der Waals surface area contributed by atoms with Crippen molar-refractivity contribution in [2.24, 2.45) is 0 Å². The zero-order chi connectivity index (χ0) is 22.9. The molecule has 34 heavy (non-hydrogen) atoms. The average molecular weight is 469 g/mol. The van der Waals surface area contributed by atoms with Crippen molar-refractivity contribution in [2.45, 2.75) is 28.7 Å². The Balaban J connectivity index is 1.19. The minimum atomic E-state index is -0.196. The van der Waals surface area contributed by atoms with Crippen LogP contribution in [0.25, 0.3) is 5.65 Å². The molecule has 1 aliphatic rings. The predicted octanol–water partition coefficient (Wildman–Crippen LogP) is 4.87. The van der Waals surface area contributed by atoms with Crippen molar-refractivity contribution >= 4 is 40.8 Å². The molecule has 5 aromatic rings. The molecule has 0 unspecified atom stereocenters. The lowest BCUT2D eigenvalue weighted by atomic mass is 10.2. The monoisotopic (exact) mass is 468 g/mol. The van der Waals surface area contributed by atoms with E-state index in [9.17, 15) is 4.79 Å². The van der Waals surface area contributed by atoms with Gasteiger partial charge in [0.05, 0.1) is 5.56 Å². The van der Waals surface area contributed by atoms with Gasteiger partial charge in [-0.05, 0) is 49.2 Å². The maximum absolute atomic E-state index is 12.3. The summed E-state index contributed by atoms with van der Waals surface area (Å²) >= 11 is 1.52. The van der Waals surface area contributed by atoms with Gasteiger partial charge in [-0.1, -0.05) is 11.8 Å². The van der Waals surface area contributed by atoms with Crippen molar-refractivity contribution in [1.29, 1.82) is 0 Å². The van der Waals surface area contributed by atoms with E-state index in [1.54, 1.807) is 30.7 Å². The van der Waals surface area contributed by atoms with Crippen molar-refractivity contribution in [2.75, 3.05) is 10.6 Å². The lowest BCUT2D eigenvalue weighted by molar-refractivity contribution is 0.102. The van der Waals surface area contributed by atoms with E-state index in [-0.39, 0.29) is 5.91 Å². The van der Waals surface area contributed by atoms with Gasteiger partial charge in [0.1, 0.15) is 10.7 Å². The van der Waals surface area contributed by atoms with Gasteiger partial charge in [0, 0.05) is 59.1 Å². The Bertz CT molecular complexity index is 1460. The second-order valence-corrected chi connectivity index (χ2v) is 9.10. The first kappa shape index (κ1) is 20.4. The number of carbonyl (C=O) groups excluding carboxylic acids is 1. The third kappa shape index (κ3) is 4.35. The number of hydrogen-bond donors (Lipinski definition) is 3. The van der Waals surface area contributed by atoms with E-state index in [2.05, 4.69) is 30.8 Å². The Kier molecular flexibility index (Phi) is 5.19. The first-order chi connectivity index (χ1) is 16.7. The van der Waals surface area contributed by atoms with Crippen LogP contribution in [-0.4, -0.2) is 35.5 Å². The third-order valence-electron chi connectivity index (χ3n) is 5.48. The SMILES string of the molecule is O=C(Nc1ccc(Sc2cc3nccn3c(Nc3cc(C4CC4)[nH]n3)n2)cc1)c1cccnc1. The van der Waals surface area contributed by atoms with Crippen molar-refractivity contribution < 1.29 is 4.79 Å². The second-order valence-electron chi connectivity index (χ2n) is 8.00. The molecule has 1 saturated carbocycles. The molecule has 3 N–H and O–H groups in total. The van der Waals surface area contributed by atoms with Gasteiger partial charge in [-0.2, -0.15) is 5.10 Å². The van der Waals surface area contributed by atoms with Crippen LogP contribution in [0.5, 0.6) is 0 Å². The highest BCUT2D eigenvalue weighted by Gasteiger charge is 2.25. The van der Waals surface area contributed by atoms with E-state index < -0.39 is 0 Å². The van der Waals surface area contributed by atoms with E-state index >= 15 is 0 Å². The molecule has 10 heteroatoms. The van der Waals surface area contributed by atoms with Crippen LogP contribution in [0.1, 0.15) is 34.8 Å². The maximum atomic E-state index is 12.3. The zero-order valence-corrected chi connectivity index (χ0v) is 18.8. The smallest absolute Gasteiger partial charge is 0.257 e. The predicted molar refractivity (Wildman–Crippen MR) is 130 cm³/mol. The number of hydrogen-bond acceptors (Lipinski definition) is 7. The van der Waals surface area contributed by atoms with E-state index in [4.69, 9.17) is 4.98 Å². The van der Waals surface area contributed by atoms with Gasteiger partial charge in [0.25, 0.3) is 5.91 Å². The fourth-order valence-corrected chi connectivity index (χ4v) is 4.40. The number of benzene rings is 1. The number of carbonyl (C=O) groups is 1. The van der Waals surface area contributed by atoms with E-state index in [1.165, 1.54) is 24.6 Å². The Morgan fingerprint density at radius 2 is 2.00 bits per heavy atom. The van der Waals surface area contributed by atoms with Crippen LogP contribution >= 0.6 is 11.8 Å². The molecule has 0 aliphatic heterocycles. The molecule has 0 radical (unpaired) electrons. The fraction of sp³-hybridized carbons (Fsp3) is 0.125. The number of aromatic nitrogens is 6. The molecule has 168 valence electrons. The van der Waals surface area contributed by atoms with Crippen molar-refractivity contribution in [3.05, 3.63) is 84.6 Å². The Morgan fingerprint density at radius 3 is 2.79 bits per heavy atom. The molecule has 0 bridgehead atoms. The van der Waals surface area contributed by atoms with Gasteiger partial charge in [-0.15, -0.1) is 0 Å². The Hall–Kier alpha value is -4.18. The van der Waals surface area contributed by atoms with E-state index in [1.807, 2.05) is 47.0 Å². The first-order valence-corrected chi connectivity index (χ1v) is 11.7. The van der Waals surface area contributed by atoms with Crippen molar-refractivity contribution in [3.63, 3.8) is 0 Å². The normalized spacial score (nSPS) is 13.2. The number of amides is 1. The fourth-order valence-electron chi connectivity index (χ4n) is 3.59. The summed E-state index contributed by atoms with van der Waals surface area (Å²) < 4.78 is 1.90. The molecule has 0 spiro atoms. The summed E-state index contributed by atoms with van der Waals surface area (Å²) in [7, 11) is 0. The van der Waals surface area contributed by atoms with Gasteiger partial charge in [-0.3, -0.25) is 19.3 Å². The molecule has 9 nitrogen and oxygen atoms in total. The molecule has 1 amide bonds. The second kappa shape index (κ2) is 8.64. The summed E-state index contributed by atoms with van der Waals surface area (Å²) in [6.45, 7) is 0. The van der Waals surface area contributed by atoms with Crippen LogP contribution in [0.4, 0.5) is 17.5 Å². The van der Waals surface area contributed by atoms with E-state index in [0.29, 0.717) is 23.1 Å². The number of anilines is 3. The van der Waals surface area contributed by atoms with Crippen LogP contribution in [0.15, 0.2) is 83.2 Å². The topological polar surface area (TPSA) is 113 Å². The van der Waals surface area contributed by atoms with Crippen LogP contribution in [0.3, 0.4) is 0 Å². The number of H-pyrrole nitrogens is 1. The summed E-state index contributed by atoms with van der Waals surface area (Å²) in [5, 5.41) is 14.5. The number of fused-ring (bicyclic) bond motifs is 1. The first-order valence-electron chi connectivity index (χ1n) is 10.9. The van der Waals surface area contributed by atoms with Gasteiger partial charge in [0.2, 0.25) is 5.95 Å². The van der Waals surface area contributed by atoms with Crippen molar-refractivity contribution in [1.82, 2.24) is 29.5 Å². The summed E-state index contributed by atoms with van der Waals surface area (Å²) in [6, 6.07) is 15.1. The molecule has 1 aromatic carbocycles. The highest BCUT2D eigenvalue weighted by atomic mass is 32.2. The molecule has 6 rings (SSSR count). The summed E-state index contributed by atoms with van der Waals surface area (Å²) in [5.74, 6) is 1.79. The van der Waals surface area contributed by atoms with Crippen LogP contribution < -0.4 is 10.6 Å². The van der Waals surface area contributed by atoms with Crippen LogP contribution in [0.2, 0.25) is 0 Å². The lowest BCUT2D eigenvalue weighted by Crippen LogP contribution is -2.11. The zero-order valence-electron chi connectivity index (χ0n) is 18.0. The van der Waals surface area contributed by atoms with Crippen LogP contribution in [-0.2, 0) is 0 Å². The summed E-state index contributed by atoms with van der Waals surface area (Å²) in [6.07, 6.45) is 9.22. The highest BCUT2D eigenvalue weighted by Crippen LogP contribution is 2.39. The average Bonchev–Trinajstić information content (AvgIpc) is 3.41. The Morgan fingerprint density at radius 1 is 1.12 bits per heavy atom. The molecule has 1 aliphatic carbocycles. The minimum absolute atomic E-state index is 0.196. The molecule has 1 fully saturated rings. The standard InChI is InChI=1S/C24H20N8OS/c33-23(16-2-1-9-25-14-16)27-17-5-7-18(8-6-17)34-22-13-21-26-10-11-32(21)24(29-22)28-20-12-19(30-31-20)15-3-4-15/h1-2,5-15H,3-4H2,(H,27,33)(H2,28,29,30,31).